The minimum Gasteiger partial charge on any atom is -0.466 e. The Morgan fingerprint density at radius 1 is 1.19 bits per heavy atom. The molecular formula is C12H21NO2S. The summed E-state index contributed by atoms with van der Waals surface area (Å²) in [5.74, 6) is -0.0715. The summed E-state index contributed by atoms with van der Waals surface area (Å²) in [7, 11) is 0. The second-order valence-electron chi connectivity index (χ2n) is 3.65. The van der Waals surface area contributed by atoms with Crippen LogP contribution >= 0.6 is 12.2 Å². The van der Waals surface area contributed by atoms with Gasteiger partial charge in [-0.05, 0) is 32.0 Å². The largest absolute Gasteiger partial charge is 0.466 e. The third-order valence-electron chi connectivity index (χ3n) is 2.27. The zero-order chi connectivity index (χ0) is 12.1. The van der Waals surface area contributed by atoms with Crippen LogP contribution in [0.5, 0.6) is 0 Å². The quantitative estimate of drug-likeness (QED) is 0.255. The lowest BCUT2D eigenvalue weighted by molar-refractivity contribution is -0.143. The summed E-state index contributed by atoms with van der Waals surface area (Å²) < 4.78 is 4.85. The van der Waals surface area contributed by atoms with Crippen molar-refractivity contribution in [3.8, 4) is 0 Å². The van der Waals surface area contributed by atoms with Gasteiger partial charge in [-0.1, -0.05) is 25.7 Å². The van der Waals surface area contributed by atoms with Crippen molar-refractivity contribution in [1.82, 2.24) is 0 Å². The van der Waals surface area contributed by atoms with Crippen molar-refractivity contribution in [2.45, 2.75) is 51.9 Å². The predicted molar refractivity (Wildman–Crippen MR) is 68.8 cm³/mol. The van der Waals surface area contributed by atoms with E-state index in [0.717, 1.165) is 25.8 Å². The zero-order valence-corrected chi connectivity index (χ0v) is 10.9. The lowest BCUT2D eigenvalue weighted by Crippen LogP contribution is -2.03. The van der Waals surface area contributed by atoms with Crippen molar-refractivity contribution in [2.75, 3.05) is 13.2 Å². The molecule has 0 bridgehead atoms. The van der Waals surface area contributed by atoms with Crippen molar-refractivity contribution < 1.29 is 9.53 Å². The van der Waals surface area contributed by atoms with Crippen molar-refractivity contribution in [3.05, 3.63) is 0 Å². The summed E-state index contributed by atoms with van der Waals surface area (Å²) in [5.41, 5.74) is 0. The first-order chi connectivity index (χ1) is 7.81. The Morgan fingerprint density at radius 3 is 2.44 bits per heavy atom. The van der Waals surface area contributed by atoms with Crippen LogP contribution in [0.1, 0.15) is 51.9 Å². The number of aliphatic imine (C=N–C) groups is 1. The summed E-state index contributed by atoms with van der Waals surface area (Å²) in [6.07, 6.45) is 7.26. The van der Waals surface area contributed by atoms with E-state index in [4.69, 9.17) is 4.74 Å². The van der Waals surface area contributed by atoms with Crippen LogP contribution in [-0.4, -0.2) is 24.3 Å². The summed E-state index contributed by atoms with van der Waals surface area (Å²) in [6, 6.07) is 0. The van der Waals surface area contributed by atoms with Crippen LogP contribution in [0.4, 0.5) is 0 Å². The molecule has 4 heteroatoms. The number of thiocarbonyl (C=S) groups is 1. The molecule has 0 radical (unpaired) electrons. The summed E-state index contributed by atoms with van der Waals surface area (Å²) in [6.45, 7) is 3.12. The molecule has 0 aromatic carbocycles. The van der Waals surface area contributed by atoms with Gasteiger partial charge >= 0.3 is 5.97 Å². The molecule has 0 saturated carbocycles. The molecule has 0 heterocycles. The first-order valence-corrected chi connectivity index (χ1v) is 6.41. The maximum atomic E-state index is 11.0. The third kappa shape index (κ3) is 11.3. The topological polar surface area (TPSA) is 38.7 Å². The smallest absolute Gasteiger partial charge is 0.305 e. The highest BCUT2D eigenvalue weighted by molar-refractivity contribution is 7.78. The average molecular weight is 243 g/mol. The lowest BCUT2D eigenvalue weighted by atomic mass is 10.1. The van der Waals surface area contributed by atoms with Crippen molar-refractivity contribution in [1.29, 1.82) is 0 Å². The highest BCUT2D eigenvalue weighted by Crippen LogP contribution is 2.07. The van der Waals surface area contributed by atoms with Crippen molar-refractivity contribution in [2.24, 2.45) is 4.99 Å². The number of nitrogens with zero attached hydrogens (tertiary/aromatic N) is 1. The maximum Gasteiger partial charge on any atom is 0.305 e. The monoisotopic (exact) mass is 243 g/mol. The molecular weight excluding hydrogens is 222 g/mol. The van der Waals surface area contributed by atoms with E-state index in [2.05, 4.69) is 22.4 Å². The van der Waals surface area contributed by atoms with E-state index in [9.17, 15) is 4.79 Å². The standard InChI is InChI=1S/C12H21NO2S/c1-2-15-12(14)9-7-5-3-4-6-8-10-13-11-16/h2-10H2,1H3. The van der Waals surface area contributed by atoms with Gasteiger partial charge in [0.05, 0.1) is 11.8 Å². The molecule has 16 heavy (non-hydrogen) atoms. The number of ether oxygens (including phenoxy) is 1. The maximum absolute atomic E-state index is 11.0. The van der Waals surface area contributed by atoms with Crippen LogP contribution < -0.4 is 0 Å². The van der Waals surface area contributed by atoms with Gasteiger partial charge in [0, 0.05) is 13.0 Å². The number of hydrogen-bond acceptors (Lipinski definition) is 4. The Balaban J connectivity index is 3.09. The van der Waals surface area contributed by atoms with Gasteiger partial charge in [0.25, 0.3) is 0 Å². The Labute approximate surface area is 103 Å². The molecule has 3 nitrogen and oxygen atoms in total. The molecule has 0 rings (SSSR count). The second-order valence-corrected chi connectivity index (χ2v) is 3.83. The highest BCUT2D eigenvalue weighted by Gasteiger charge is 2.00. The molecule has 0 N–H and O–H groups in total. The molecule has 0 aliphatic carbocycles. The van der Waals surface area contributed by atoms with E-state index in [0.29, 0.717) is 13.0 Å². The zero-order valence-electron chi connectivity index (χ0n) is 10.0. The summed E-state index contributed by atoms with van der Waals surface area (Å²) in [5, 5.41) is 2.36. The Kier molecular flexibility index (Phi) is 11.8. The van der Waals surface area contributed by atoms with Gasteiger partial charge in [0.2, 0.25) is 0 Å². The van der Waals surface area contributed by atoms with Crippen molar-refractivity contribution >= 4 is 23.3 Å². The number of carbonyl (C=O) groups is 1. The molecule has 0 aromatic rings. The first-order valence-electron chi connectivity index (χ1n) is 6.00. The van der Waals surface area contributed by atoms with Gasteiger partial charge in [0.15, 0.2) is 0 Å². The Morgan fingerprint density at radius 2 is 1.81 bits per heavy atom. The number of esters is 1. The van der Waals surface area contributed by atoms with Gasteiger partial charge in [0.1, 0.15) is 0 Å². The number of hydrogen-bond donors (Lipinski definition) is 0. The van der Waals surface area contributed by atoms with Gasteiger partial charge in [-0.15, -0.1) is 0 Å². The van der Waals surface area contributed by atoms with Gasteiger partial charge in [-0.2, -0.15) is 0 Å². The van der Waals surface area contributed by atoms with E-state index in [1.165, 1.54) is 19.3 Å². The first kappa shape index (κ1) is 15.3. The van der Waals surface area contributed by atoms with E-state index < -0.39 is 0 Å². The molecule has 0 amide bonds. The lowest BCUT2D eigenvalue weighted by Gasteiger charge is -2.01. The second kappa shape index (κ2) is 12.3. The van der Waals surface area contributed by atoms with E-state index in [-0.39, 0.29) is 5.97 Å². The van der Waals surface area contributed by atoms with Crippen LogP contribution in [-0.2, 0) is 9.53 Å². The number of carbonyl (C=O) groups excluding carboxylic acids is 1. The van der Waals surface area contributed by atoms with Gasteiger partial charge in [-0.3, -0.25) is 4.79 Å². The summed E-state index contributed by atoms with van der Waals surface area (Å²) >= 11 is 4.47. The number of isothiocyanates is 1. The fourth-order valence-electron chi connectivity index (χ4n) is 1.45. The molecule has 0 spiro atoms. The Hall–Kier alpha value is -0.730. The van der Waals surface area contributed by atoms with Crippen molar-refractivity contribution in [3.63, 3.8) is 0 Å². The minimum absolute atomic E-state index is 0.0715. The summed E-state index contributed by atoms with van der Waals surface area (Å²) in [4.78, 5) is 14.9. The molecule has 0 fully saturated rings. The van der Waals surface area contributed by atoms with Gasteiger partial charge < -0.3 is 4.74 Å². The van der Waals surface area contributed by atoms with Gasteiger partial charge in [-0.25, -0.2) is 4.99 Å². The van der Waals surface area contributed by atoms with E-state index in [1.54, 1.807) is 0 Å². The number of rotatable bonds is 10. The molecule has 0 unspecified atom stereocenters. The van der Waals surface area contributed by atoms with Crippen LogP contribution in [0.15, 0.2) is 4.99 Å². The molecule has 0 aromatic heterocycles. The van der Waals surface area contributed by atoms with E-state index >= 15 is 0 Å². The van der Waals surface area contributed by atoms with Crippen LogP contribution in [0.25, 0.3) is 0 Å². The van der Waals surface area contributed by atoms with Crippen LogP contribution in [0.3, 0.4) is 0 Å². The number of unbranched alkanes of at least 4 members (excludes halogenated alkanes) is 5. The fraction of sp³-hybridized carbons (Fsp3) is 0.833. The molecule has 0 atom stereocenters. The third-order valence-corrected chi connectivity index (χ3v) is 2.40. The molecule has 0 aliphatic rings. The fourth-order valence-corrected chi connectivity index (χ4v) is 1.54. The SMILES string of the molecule is CCOC(=O)CCCCCCCCN=C=S. The molecule has 0 aliphatic heterocycles. The molecule has 0 saturated heterocycles. The van der Waals surface area contributed by atoms with Crippen LogP contribution in [0.2, 0.25) is 0 Å². The van der Waals surface area contributed by atoms with E-state index in [1.807, 2.05) is 6.92 Å². The highest BCUT2D eigenvalue weighted by atomic mass is 32.1. The molecule has 92 valence electrons. The predicted octanol–water partition coefficient (Wildman–Crippen LogP) is 3.38. The van der Waals surface area contributed by atoms with Crippen LogP contribution in [0, 0.1) is 0 Å². The minimum atomic E-state index is -0.0715. The average Bonchev–Trinajstić information content (AvgIpc) is 2.27. The normalized spacial score (nSPS) is 9.56. The Bertz CT molecular complexity index is 225.